The van der Waals surface area contributed by atoms with E-state index in [1.54, 1.807) is 15.9 Å². The van der Waals surface area contributed by atoms with Gasteiger partial charge >= 0.3 is 0 Å². The highest BCUT2D eigenvalue weighted by molar-refractivity contribution is 7.08. The highest BCUT2D eigenvalue weighted by Crippen LogP contribution is 2.20. The lowest BCUT2D eigenvalue weighted by Gasteiger charge is -2.03. The van der Waals surface area contributed by atoms with E-state index in [-0.39, 0.29) is 19.1 Å². The zero-order valence-electron chi connectivity index (χ0n) is 11.3. The number of amides is 1. The number of carbonyl (C=O) groups is 1. The number of rotatable bonds is 5. The largest absolute Gasteiger partial charge is 0.375 e. The molecule has 21 heavy (non-hydrogen) atoms. The molecule has 0 saturated heterocycles. The van der Waals surface area contributed by atoms with Crippen LogP contribution >= 0.6 is 11.3 Å². The number of ether oxygens (including phenoxy) is 1. The van der Waals surface area contributed by atoms with Crippen molar-refractivity contribution in [2.45, 2.75) is 6.54 Å². The lowest BCUT2D eigenvalue weighted by molar-refractivity contribution is -0.124. The highest BCUT2D eigenvalue weighted by atomic mass is 32.1. The average Bonchev–Trinajstić information content (AvgIpc) is 3.14. The first kappa shape index (κ1) is 13.7. The first-order valence-corrected chi connectivity index (χ1v) is 7.22. The summed E-state index contributed by atoms with van der Waals surface area (Å²) in [5.41, 5.74) is 2.53. The molecule has 108 valence electrons. The van der Waals surface area contributed by atoms with Gasteiger partial charge < -0.3 is 10.1 Å². The van der Waals surface area contributed by atoms with Crippen LogP contribution in [0.15, 0.2) is 29.0 Å². The zero-order chi connectivity index (χ0) is 14.7. The second-order valence-corrected chi connectivity index (χ2v) is 5.11. The molecule has 3 aromatic rings. The third-order valence-corrected chi connectivity index (χ3v) is 3.55. The maximum Gasteiger partial charge on any atom is 0.246 e. The summed E-state index contributed by atoms with van der Waals surface area (Å²) in [4.78, 5) is 11.4. The number of hydrogen-bond donors (Lipinski definition) is 1. The van der Waals surface area contributed by atoms with Gasteiger partial charge in [0.2, 0.25) is 5.91 Å². The van der Waals surface area contributed by atoms with Crippen LogP contribution in [0.2, 0.25) is 0 Å². The summed E-state index contributed by atoms with van der Waals surface area (Å²) >= 11 is 1.61. The van der Waals surface area contributed by atoms with E-state index in [1.807, 2.05) is 29.0 Å². The molecule has 1 N–H and O–H groups in total. The van der Waals surface area contributed by atoms with Crippen molar-refractivity contribution in [1.29, 1.82) is 0 Å². The SMILES string of the molecule is COCC(=O)NCc1nnc2ccc(-c3ccsc3)nn12. The Balaban J connectivity index is 1.86. The van der Waals surface area contributed by atoms with Crippen molar-refractivity contribution >= 4 is 22.9 Å². The minimum absolute atomic E-state index is 0.0182. The van der Waals surface area contributed by atoms with Gasteiger partial charge in [0.25, 0.3) is 0 Å². The zero-order valence-corrected chi connectivity index (χ0v) is 12.1. The van der Waals surface area contributed by atoms with Crippen LogP contribution in [0, 0.1) is 0 Å². The van der Waals surface area contributed by atoms with Crippen LogP contribution in [0.3, 0.4) is 0 Å². The van der Waals surface area contributed by atoms with Gasteiger partial charge in [0.05, 0.1) is 12.2 Å². The van der Waals surface area contributed by atoms with E-state index in [9.17, 15) is 4.79 Å². The molecule has 0 saturated carbocycles. The Bertz CT molecular complexity index is 753. The monoisotopic (exact) mass is 303 g/mol. The Labute approximate surface area is 124 Å². The van der Waals surface area contributed by atoms with Gasteiger partial charge in [-0.3, -0.25) is 4.79 Å². The molecule has 3 aromatic heterocycles. The Morgan fingerprint density at radius 3 is 3.05 bits per heavy atom. The quantitative estimate of drug-likeness (QED) is 0.764. The fourth-order valence-electron chi connectivity index (χ4n) is 1.87. The molecule has 0 aromatic carbocycles. The van der Waals surface area contributed by atoms with Crippen LogP contribution < -0.4 is 5.32 Å². The van der Waals surface area contributed by atoms with Crippen LogP contribution in [0.5, 0.6) is 0 Å². The maximum absolute atomic E-state index is 11.4. The Morgan fingerprint density at radius 2 is 2.29 bits per heavy atom. The first-order valence-electron chi connectivity index (χ1n) is 6.27. The summed E-state index contributed by atoms with van der Waals surface area (Å²) in [5.74, 6) is 0.370. The molecule has 0 spiro atoms. The highest BCUT2D eigenvalue weighted by Gasteiger charge is 2.10. The molecule has 0 aliphatic carbocycles. The van der Waals surface area contributed by atoms with E-state index in [0.717, 1.165) is 11.3 Å². The van der Waals surface area contributed by atoms with E-state index < -0.39 is 0 Å². The van der Waals surface area contributed by atoms with Gasteiger partial charge in [0, 0.05) is 18.1 Å². The van der Waals surface area contributed by atoms with Crippen LogP contribution in [0.25, 0.3) is 16.9 Å². The third-order valence-electron chi connectivity index (χ3n) is 2.86. The van der Waals surface area contributed by atoms with Crippen molar-refractivity contribution in [3.8, 4) is 11.3 Å². The molecule has 8 heteroatoms. The van der Waals surface area contributed by atoms with E-state index >= 15 is 0 Å². The van der Waals surface area contributed by atoms with Crippen molar-refractivity contribution in [2.75, 3.05) is 13.7 Å². The molecule has 0 fully saturated rings. The Morgan fingerprint density at radius 1 is 1.38 bits per heavy atom. The molecular weight excluding hydrogens is 290 g/mol. The number of nitrogens with one attached hydrogen (secondary N) is 1. The van der Waals surface area contributed by atoms with E-state index in [1.165, 1.54) is 7.11 Å². The average molecular weight is 303 g/mol. The molecular formula is C13H13N5O2S. The van der Waals surface area contributed by atoms with E-state index in [4.69, 9.17) is 4.74 Å². The molecule has 7 nitrogen and oxygen atoms in total. The molecule has 1 amide bonds. The van der Waals surface area contributed by atoms with E-state index in [2.05, 4.69) is 20.6 Å². The van der Waals surface area contributed by atoms with Crippen molar-refractivity contribution in [3.63, 3.8) is 0 Å². The van der Waals surface area contributed by atoms with Crippen molar-refractivity contribution in [1.82, 2.24) is 25.1 Å². The first-order chi connectivity index (χ1) is 10.3. The molecule has 0 atom stereocenters. The second-order valence-electron chi connectivity index (χ2n) is 4.33. The molecule has 0 aliphatic heterocycles. The predicted octanol–water partition coefficient (Wildman–Crippen LogP) is 1.12. The van der Waals surface area contributed by atoms with Crippen LogP contribution in [-0.4, -0.2) is 39.4 Å². The summed E-state index contributed by atoms with van der Waals surface area (Å²) in [6.45, 7) is 0.272. The number of carbonyl (C=O) groups excluding carboxylic acids is 1. The number of thiophene rings is 1. The molecule has 0 unspecified atom stereocenters. The summed E-state index contributed by atoms with van der Waals surface area (Å²) in [6.07, 6.45) is 0. The van der Waals surface area contributed by atoms with Gasteiger partial charge in [-0.1, -0.05) is 0 Å². The normalized spacial score (nSPS) is 10.9. The number of fused-ring (bicyclic) bond motifs is 1. The molecule has 3 heterocycles. The lowest BCUT2D eigenvalue weighted by Crippen LogP contribution is -2.27. The third kappa shape index (κ3) is 2.91. The van der Waals surface area contributed by atoms with Crippen molar-refractivity contribution in [3.05, 3.63) is 34.8 Å². The van der Waals surface area contributed by atoms with Crippen LogP contribution in [0.4, 0.5) is 0 Å². The summed E-state index contributed by atoms with van der Waals surface area (Å²) in [6, 6.07) is 5.76. The van der Waals surface area contributed by atoms with Gasteiger partial charge in [-0.25, -0.2) is 0 Å². The van der Waals surface area contributed by atoms with Gasteiger partial charge in [-0.05, 0) is 23.6 Å². The smallest absolute Gasteiger partial charge is 0.246 e. The topological polar surface area (TPSA) is 81.4 Å². The summed E-state index contributed by atoms with van der Waals surface area (Å²) < 4.78 is 6.40. The van der Waals surface area contributed by atoms with Crippen molar-refractivity contribution in [2.24, 2.45) is 0 Å². The lowest BCUT2D eigenvalue weighted by atomic mass is 10.2. The molecule has 0 bridgehead atoms. The standard InChI is InChI=1S/C13H13N5O2S/c1-20-7-13(19)14-6-12-16-15-11-3-2-10(17-18(11)12)9-4-5-21-8-9/h2-5,8H,6-7H2,1H3,(H,14,19). The fourth-order valence-corrected chi connectivity index (χ4v) is 2.52. The molecule has 0 aliphatic rings. The number of methoxy groups -OCH3 is 1. The number of hydrogen-bond acceptors (Lipinski definition) is 6. The van der Waals surface area contributed by atoms with Gasteiger partial charge in [-0.15, -0.1) is 10.2 Å². The minimum Gasteiger partial charge on any atom is -0.375 e. The van der Waals surface area contributed by atoms with Crippen LogP contribution in [0.1, 0.15) is 5.82 Å². The molecule has 0 radical (unpaired) electrons. The maximum atomic E-state index is 11.4. The van der Waals surface area contributed by atoms with Gasteiger partial charge in [-0.2, -0.15) is 21.0 Å². The van der Waals surface area contributed by atoms with Gasteiger partial charge in [0.1, 0.15) is 6.61 Å². The summed E-state index contributed by atoms with van der Waals surface area (Å²) in [7, 11) is 1.47. The summed E-state index contributed by atoms with van der Waals surface area (Å²) in [5, 5.41) is 19.3. The van der Waals surface area contributed by atoms with E-state index in [0.29, 0.717) is 11.5 Å². The Hall–Kier alpha value is -2.32. The molecule has 3 rings (SSSR count). The Kier molecular flexibility index (Phi) is 3.89. The number of aromatic nitrogens is 4. The van der Waals surface area contributed by atoms with Crippen molar-refractivity contribution < 1.29 is 9.53 Å². The van der Waals surface area contributed by atoms with Gasteiger partial charge in [0.15, 0.2) is 11.5 Å². The fraction of sp³-hybridized carbons (Fsp3) is 0.231. The minimum atomic E-state index is -0.205. The predicted molar refractivity (Wildman–Crippen MR) is 77.8 cm³/mol. The second kappa shape index (κ2) is 5.98. The van der Waals surface area contributed by atoms with Crippen LogP contribution in [-0.2, 0) is 16.1 Å². The number of nitrogens with zero attached hydrogens (tertiary/aromatic N) is 4.